The fourth-order valence-corrected chi connectivity index (χ4v) is 3.78. The van der Waals surface area contributed by atoms with Crippen molar-refractivity contribution >= 4 is 11.9 Å². The molecule has 0 aliphatic heterocycles. The van der Waals surface area contributed by atoms with Crippen LogP contribution in [-0.4, -0.2) is 35.0 Å². The zero-order valence-corrected chi connectivity index (χ0v) is 11.1. The van der Waals surface area contributed by atoms with E-state index in [9.17, 15) is 14.7 Å². The molecular weight excluding hydrogens is 242 g/mol. The predicted molar refractivity (Wildman–Crippen MR) is 72.4 cm³/mol. The normalized spacial score (nSPS) is 32.0. The molecule has 2 aliphatic carbocycles. The van der Waals surface area contributed by atoms with Crippen LogP contribution in [-0.2, 0) is 9.59 Å². The van der Waals surface area contributed by atoms with Crippen molar-refractivity contribution in [3.8, 4) is 0 Å². The third kappa shape index (κ3) is 2.44. The lowest BCUT2D eigenvalue weighted by Crippen LogP contribution is -2.43. The third-order valence-corrected chi connectivity index (χ3v) is 4.50. The molecule has 1 amide bonds. The Kier molecular flexibility index (Phi) is 4.08. The molecule has 2 bridgehead atoms. The average Bonchev–Trinajstić information content (AvgIpc) is 2.97. The SMILES string of the molecule is C=CCN(CC=C)C(=O)[C@H]1[C@@H]2CC[C@@H](C2)[C@@H]1C(=O)O. The highest BCUT2D eigenvalue weighted by molar-refractivity contribution is 5.86. The smallest absolute Gasteiger partial charge is 0.307 e. The molecule has 4 nitrogen and oxygen atoms in total. The number of carbonyl (C=O) groups excluding carboxylic acids is 1. The molecule has 0 spiro atoms. The van der Waals surface area contributed by atoms with E-state index in [4.69, 9.17) is 0 Å². The van der Waals surface area contributed by atoms with Crippen LogP contribution < -0.4 is 0 Å². The van der Waals surface area contributed by atoms with Crippen LogP contribution in [0.1, 0.15) is 19.3 Å². The number of hydrogen-bond donors (Lipinski definition) is 1. The van der Waals surface area contributed by atoms with Crippen molar-refractivity contribution in [2.45, 2.75) is 19.3 Å². The van der Waals surface area contributed by atoms with Gasteiger partial charge in [-0.15, -0.1) is 13.2 Å². The Morgan fingerprint density at radius 3 is 2.11 bits per heavy atom. The molecule has 104 valence electrons. The van der Waals surface area contributed by atoms with Crippen molar-refractivity contribution in [3.63, 3.8) is 0 Å². The molecule has 1 N–H and O–H groups in total. The van der Waals surface area contributed by atoms with Gasteiger partial charge in [-0.2, -0.15) is 0 Å². The van der Waals surface area contributed by atoms with Crippen LogP contribution in [0.5, 0.6) is 0 Å². The Balaban J connectivity index is 2.18. The predicted octanol–water partition coefficient (Wildman–Crippen LogP) is 1.93. The van der Waals surface area contributed by atoms with Crippen LogP contribution >= 0.6 is 0 Å². The van der Waals surface area contributed by atoms with Gasteiger partial charge in [-0.05, 0) is 31.1 Å². The quantitative estimate of drug-likeness (QED) is 0.745. The van der Waals surface area contributed by atoms with Gasteiger partial charge in [-0.3, -0.25) is 9.59 Å². The minimum absolute atomic E-state index is 0.0422. The van der Waals surface area contributed by atoms with Gasteiger partial charge < -0.3 is 10.0 Å². The number of hydrogen-bond acceptors (Lipinski definition) is 2. The largest absolute Gasteiger partial charge is 0.481 e. The molecule has 2 rings (SSSR count). The minimum Gasteiger partial charge on any atom is -0.481 e. The first-order chi connectivity index (χ1) is 9.10. The number of rotatable bonds is 6. The summed E-state index contributed by atoms with van der Waals surface area (Å²) < 4.78 is 0. The summed E-state index contributed by atoms with van der Waals surface area (Å²) in [5.41, 5.74) is 0. The van der Waals surface area contributed by atoms with Gasteiger partial charge in [0.25, 0.3) is 0 Å². The van der Waals surface area contributed by atoms with E-state index < -0.39 is 11.9 Å². The molecule has 4 heteroatoms. The summed E-state index contributed by atoms with van der Waals surface area (Å²) in [5, 5.41) is 9.39. The van der Waals surface area contributed by atoms with E-state index in [-0.39, 0.29) is 23.7 Å². The maximum absolute atomic E-state index is 12.6. The first kappa shape index (κ1) is 13.8. The van der Waals surface area contributed by atoms with Gasteiger partial charge in [0.2, 0.25) is 5.91 Å². The first-order valence-electron chi connectivity index (χ1n) is 6.83. The molecule has 2 saturated carbocycles. The zero-order chi connectivity index (χ0) is 14.0. The van der Waals surface area contributed by atoms with Crippen molar-refractivity contribution < 1.29 is 14.7 Å². The molecule has 2 fully saturated rings. The molecule has 19 heavy (non-hydrogen) atoms. The van der Waals surface area contributed by atoms with Crippen LogP contribution in [0.2, 0.25) is 0 Å². The summed E-state index contributed by atoms with van der Waals surface area (Å²) in [6.07, 6.45) is 6.17. The molecule has 0 saturated heterocycles. The molecule has 0 unspecified atom stereocenters. The lowest BCUT2D eigenvalue weighted by atomic mass is 9.78. The Hall–Kier alpha value is -1.58. The summed E-state index contributed by atoms with van der Waals surface area (Å²) in [4.78, 5) is 25.7. The van der Waals surface area contributed by atoms with E-state index in [0.717, 1.165) is 19.3 Å². The lowest BCUT2D eigenvalue weighted by molar-refractivity contribution is -0.152. The molecule has 2 aliphatic rings. The van der Waals surface area contributed by atoms with Crippen molar-refractivity contribution in [3.05, 3.63) is 25.3 Å². The van der Waals surface area contributed by atoms with E-state index in [1.54, 1.807) is 17.1 Å². The molecule has 0 aromatic carbocycles. The van der Waals surface area contributed by atoms with E-state index >= 15 is 0 Å². The maximum Gasteiger partial charge on any atom is 0.307 e. The number of carbonyl (C=O) groups is 2. The molecule has 0 heterocycles. The van der Waals surface area contributed by atoms with Crippen molar-refractivity contribution in [1.29, 1.82) is 0 Å². The van der Waals surface area contributed by atoms with E-state index in [1.165, 1.54) is 0 Å². The van der Waals surface area contributed by atoms with Crippen molar-refractivity contribution in [1.82, 2.24) is 4.90 Å². The van der Waals surface area contributed by atoms with Crippen LogP contribution in [0.3, 0.4) is 0 Å². The van der Waals surface area contributed by atoms with Crippen LogP contribution in [0.25, 0.3) is 0 Å². The Labute approximate surface area is 113 Å². The number of nitrogens with zero attached hydrogens (tertiary/aromatic N) is 1. The van der Waals surface area contributed by atoms with Gasteiger partial charge in [-0.1, -0.05) is 12.2 Å². The summed E-state index contributed by atoms with van der Waals surface area (Å²) in [6.45, 7) is 8.20. The van der Waals surface area contributed by atoms with Crippen LogP contribution in [0.15, 0.2) is 25.3 Å². The van der Waals surface area contributed by atoms with Gasteiger partial charge in [-0.25, -0.2) is 0 Å². The average molecular weight is 263 g/mol. The number of carboxylic acid groups (broad SMARTS) is 1. The van der Waals surface area contributed by atoms with Gasteiger partial charge >= 0.3 is 5.97 Å². The highest BCUT2D eigenvalue weighted by atomic mass is 16.4. The summed E-state index contributed by atoms with van der Waals surface area (Å²) in [5.74, 6) is -1.27. The van der Waals surface area contributed by atoms with Crippen molar-refractivity contribution in [2.24, 2.45) is 23.7 Å². The maximum atomic E-state index is 12.6. The summed E-state index contributed by atoms with van der Waals surface area (Å²) in [7, 11) is 0. The Morgan fingerprint density at radius 1 is 1.11 bits per heavy atom. The van der Waals surface area contributed by atoms with Gasteiger partial charge in [0, 0.05) is 13.1 Å². The van der Waals surface area contributed by atoms with Crippen LogP contribution in [0.4, 0.5) is 0 Å². The van der Waals surface area contributed by atoms with E-state index in [0.29, 0.717) is 13.1 Å². The molecule has 4 atom stereocenters. The van der Waals surface area contributed by atoms with Gasteiger partial charge in [0.05, 0.1) is 11.8 Å². The monoisotopic (exact) mass is 263 g/mol. The topological polar surface area (TPSA) is 57.6 Å². The second-order valence-electron chi connectivity index (χ2n) is 5.54. The summed E-state index contributed by atoms with van der Waals surface area (Å²) in [6, 6.07) is 0. The van der Waals surface area contributed by atoms with E-state index in [1.807, 2.05) is 0 Å². The Morgan fingerprint density at radius 2 is 1.63 bits per heavy atom. The number of aliphatic carboxylic acids is 1. The molecular formula is C15H21NO3. The highest BCUT2D eigenvalue weighted by Crippen LogP contribution is 2.52. The number of carboxylic acids is 1. The fourth-order valence-electron chi connectivity index (χ4n) is 3.78. The van der Waals surface area contributed by atoms with Crippen LogP contribution in [0, 0.1) is 23.7 Å². The van der Waals surface area contributed by atoms with E-state index in [2.05, 4.69) is 13.2 Å². The lowest BCUT2D eigenvalue weighted by Gasteiger charge is -2.31. The third-order valence-electron chi connectivity index (χ3n) is 4.50. The highest BCUT2D eigenvalue weighted by Gasteiger charge is 2.54. The number of amides is 1. The summed E-state index contributed by atoms with van der Waals surface area (Å²) >= 11 is 0. The second-order valence-corrected chi connectivity index (χ2v) is 5.54. The minimum atomic E-state index is -0.817. The standard InChI is InChI=1S/C15H21NO3/c1-3-7-16(8-4-2)14(17)12-10-5-6-11(9-10)13(12)15(18)19/h3-4,10-13H,1-2,5-9H2,(H,18,19)/t10-,11+,12+,13+/m1/s1. The van der Waals surface area contributed by atoms with Crippen molar-refractivity contribution in [2.75, 3.05) is 13.1 Å². The number of fused-ring (bicyclic) bond motifs is 2. The van der Waals surface area contributed by atoms with Gasteiger partial charge in [0.1, 0.15) is 0 Å². The molecule has 0 radical (unpaired) electrons. The fraction of sp³-hybridized carbons (Fsp3) is 0.600. The molecule has 0 aromatic heterocycles. The second kappa shape index (κ2) is 5.59. The zero-order valence-electron chi connectivity index (χ0n) is 11.1. The first-order valence-corrected chi connectivity index (χ1v) is 6.83. The Bertz CT molecular complexity index is 394. The van der Waals surface area contributed by atoms with Gasteiger partial charge in [0.15, 0.2) is 0 Å². The molecule has 0 aromatic rings.